The van der Waals surface area contributed by atoms with Crippen molar-refractivity contribution in [3.8, 4) is 11.4 Å². The Labute approximate surface area is 152 Å². The van der Waals surface area contributed by atoms with Crippen LogP contribution in [0.4, 0.5) is 0 Å². The highest BCUT2D eigenvalue weighted by Crippen LogP contribution is 2.38. The molecule has 0 fully saturated rings. The molecule has 2 nitrogen and oxygen atoms in total. The quantitative estimate of drug-likeness (QED) is 0.371. The summed E-state index contributed by atoms with van der Waals surface area (Å²) in [6.45, 7) is 2.20. The van der Waals surface area contributed by atoms with Gasteiger partial charge in [-0.2, -0.15) is 0 Å². The Balaban J connectivity index is 2.00. The first-order valence-electron chi connectivity index (χ1n) is 8.84. The molecule has 0 aliphatic rings. The number of rotatable bonds is 2. The van der Waals surface area contributed by atoms with Crippen molar-refractivity contribution < 1.29 is 4.74 Å². The van der Waals surface area contributed by atoms with Gasteiger partial charge in [-0.25, -0.2) is 0 Å². The summed E-state index contributed by atoms with van der Waals surface area (Å²) in [7, 11) is 1.70. The summed E-state index contributed by atoms with van der Waals surface area (Å²) in [6, 6.07) is 27.9. The van der Waals surface area contributed by atoms with Crippen LogP contribution in [0, 0.1) is 6.92 Å². The van der Waals surface area contributed by atoms with Gasteiger partial charge in [0.05, 0.1) is 18.1 Å². The normalized spacial score (nSPS) is 11.5. The predicted molar refractivity (Wildman–Crippen MR) is 110 cm³/mol. The molecule has 0 saturated heterocycles. The summed E-state index contributed by atoms with van der Waals surface area (Å²) in [5.41, 5.74) is 4.93. The first kappa shape index (κ1) is 15.0. The standard InChI is InChI=1S/C24H19NO/c1-16-15-17-7-3-4-8-20(17)23-21-9-5-6-10-22(21)25(24(16)23)18-11-13-19(26-2)14-12-18/h3-15H,1-2H3. The third kappa shape index (κ3) is 2.05. The van der Waals surface area contributed by atoms with Crippen LogP contribution in [0.3, 0.4) is 0 Å². The van der Waals surface area contributed by atoms with E-state index in [9.17, 15) is 0 Å². The second kappa shape index (κ2) is 5.63. The van der Waals surface area contributed by atoms with Crippen LogP contribution in [0.2, 0.25) is 0 Å². The van der Waals surface area contributed by atoms with Gasteiger partial charge in [-0.1, -0.05) is 42.5 Å². The summed E-state index contributed by atoms with van der Waals surface area (Å²) in [5, 5.41) is 5.21. The molecule has 126 valence electrons. The molecule has 26 heavy (non-hydrogen) atoms. The van der Waals surface area contributed by atoms with E-state index in [-0.39, 0.29) is 0 Å². The molecule has 5 rings (SSSR count). The average Bonchev–Trinajstić information content (AvgIpc) is 3.04. The van der Waals surface area contributed by atoms with Crippen LogP contribution in [-0.4, -0.2) is 11.7 Å². The Morgan fingerprint density at radius 2 is 1.46 bits per heavy atom. The zero-order chi connectivity index (χ0) is 17.7. The Hall–Kier alpha value is -3.26. The monoisotopic (exact) mass is 337 g/mol. The zero-order valence-electron chi connectivity index (χ0n) is 14.9. The number of benzene rings is 4. The van der Waals surface area contributed by atoms with Gasteiger partial charge in [0, 0.05) is 16.5 Å². The minimum Gasteiger partial charge on any atom is -0.497 e. The molecule has 0 aliphatic heterocycles. The van der Waals surface area contributed by atoms with Crippen molar-refractivity contribution in [2.45, 2.75) is 6.92 Å². The number of hydrogen-bond acceptors (Lipinski definition) is 1. The van der Waals surface area contributed by atoms with Gasteiger partial charge in [0.15, 0.2) is 0 Å². The molecule has 2 heteroatoms. The van der Waals surface area contributed by atoms with Crippen molar-refractivity contribution in [3.63, 3.8) is 0 Å². The molecule has 0 saturated carbocycles. The van der Waals surface area contributed by atoms with E-state index >= 15 is 0 Å². The lowest BCUT2D eigenvalue weighted by atomic mass is 10.0. The van der Waals surface area contributed by atoms with E-state index in [0.717, 1.165) is 11.4 Å². The number of hydrogen-bond donors (Lipinski definition) is 0. The number of aryl methyl sites for hydroxylation is 1. The van der Waals surface area contributed by atoms with Gasteiger partial charge < -0.3 is 9.30 Å². The highest BCUT2D eigenvalue weighted by molar-refractivity contribution is 6.22. The molecular weight excluding hydrogens is 318 g/mol. The Bertz CT molecular complexity index is 1260. The minimum absolute atomic E-state index is 0.872. The maximum atomic E-state index is 5.33. The Morgan fingerprint density at radius 3 is 2.23 bits per heavy atom. The fourth-order valence-electron chi connectivity index (χ4n) is 4.04. The third-order valence-electron chi connectivity index (χ3n) is 5.18. The van der Waals surface area contributed by atoms with Crippen LogP contribution in [0.25, 0.3) is 38.3 Å². The maximum Gasteiger partial charge on any atom is 0.119 e. The summed E-state index contributed by atoms with van der Waals surface area (Å²) >= 11 is 0. The molecular formula is C24H19NO. The number of methoxy groups -OCH3 is 1. The predicted octanol–water partition coefficient (Wildman–Crippen LogP) is 6.25. The fourth-order valence-corrected chi connectivity index (χ4v) is 4.04. The average molecular weight is 337 g/mol. The lowest BCUT2D eigenvalue weighted by molar-refractivity contribution is 0.415. The van der Waals surface area contributed by atoms with Crippen LogP contribution in [0.5, 0.6) is 5.75 Å². The van der Waals surface area contributed by atoms with E-state index in [2.05, 4.69) is 78.2 Å². The summed E-state index contributed by atoms with van der Waals surface area (Å²) in [5.74, 6) is 0.872. The van der Waals surface area contributed by atoms with Crippen LogP contribution in [0.15, 0.2) is 78.9 Å². The first-order chi connectivity index (χ1) is 12.8. The molecule has 0 amide bonds. The van der Waals surface area contributed by atoms with Crippen molar-refractivity contribution in [1.82, 2.24) is 4.57 Å². The smallest absolute Gasteiger partial charge is 0.119 e. The second-order valence-corrected chi connectivity index (χ2v) is 6.69. The van der Waals surface area contributed by atoms with Gasteiger partial charge >= 0.3 is 0 Å². The fraction of sp³-hybridized carbons (Fsp3) is 0.0833. The largest absolute Gasteiger partial charge is 0.497 e. The molecule has 0 radical (unpaired) electrons. The van der Waals surface area contributed by atoms with Crippen molar-refractivity contribution >= 4 is 32.6 Å². The first-order valence-corrected chi connectivity index (χ1v) is 8.84. The van der Waals surface area contributed by atoms with Gasteiger partial charge in [0.2, 0.25) is 0 Å². The lowest BCUT2D eigenvalue weighted by Crippen LogP contribution is -1.95. The molecule has 0 N–H and O–H groups in total. The SMILES string of the molecule is COc1ccc(-n2c3ccccc3c3c4ccccc4cc(C)c32)cc1. The molecule has 0 spiro atoms. The molecule has 4 aromatic carbocycles. The van der Waals surface area contributed by atoms with E-state index in [1.54, 1.807) is 7.11 Å². The van der Waals surface area contributed by atoms with Crippen LogP contribution in [0.1, 0.15) is 5.56 Å². The van der Waals surface area contributed by atoms with E-state index in [1.807, 2.05) is 12.1 Å². The number of fused-ring (bicyclic) bond motifs is 5. The van der Waals surface area contributed by atoms with Gasteiger partial charge in [0.1, 0.15) is 5.75 Å². The van der Waals surface area contributed by atoms with Gasteiger partial charge in [-0.05, 0) is 59.7 Å². The number of aromatic nitrogens is 1. The number of ether oxygens (including phenoxy) is 1. The number of nitrogens with zero attached hydrogens (tertiary/aromatic N) is 1. The topological polar surface area (TPSA) is 14.2 Å². The number of para-hydroxylation sites is 1. The summed E-state index contributed by atoms with van der Waals surface area (Å²) in [6.07, 6.45) is 0. The van der Waals surface area contributed by atoms with Crippen LogP contribution in [-0.2, 0) is 0 Å². The van der Waals surface area contributed by atoms with Crippen molar-refractivity contribution in [1.29, 1.82) is 0 Å². The van der Waals surface area contributed by atoms with Gasteiger partial charge in [-0.3, -0.25) is 0 Å². The zero-order valence-corrected chi connectivity index (χ0v) is 14.9. The molecule has 5 aromatic rings. The summed E-state index contributed by atoms with van der Waals surface area (Å²) < 4.78 is 7.70. The summed E-state index contributed by atoms with van der Waals surface area (Å²) in [4.78, 5) is 0. The van der Waals surface area contributed by atoms with Crippen molar-refractivity contribution in [3.05, 3.63) is 84.4 Å². The molecule has 0 aliphatic carbocycles. The van der Waals surface area contributed by atoms with Gasteiger partial charge in [0.25, 0.3) is 0 Å². The molecule has 0 unspecified atom stereocenters. The van der Waals surface area contributed by atoms with Crippen molar-refractivity contribution in [2.75, 3.05) is 7.11 Å². The molecule has 0 bridgehead atoms. The van der Waals surface area contributed by atoms with E-state index < -0.39 is 0 Å². The second-order valence-electron chi connectivity index (χ2n) is 6.69. The van der Waals surface area contributed by atoms with Crippen LogP contribution >= 0.6 is 0 Å². The maximum absolute atomic E-state index is 5.33. The molecule has 1 aromatic heterocycles. The Morgan fingerprint density at radius 1 is 0.769 bits per heavy atom. The van der Waals surface area contributed by atoms with Gasteiger partial charge in [-0.15, -0.1) is 0 Å². The van der Waals surface area contributed by atoms with Crippen molar-refractivity contribution in [2.24, 2.45) is 0 Å². The minimum atomic E-state index is 0.872. The molecule has 1 heterocycles. The van der Waals surface area contributed by atoms with E-state index in [0.29, 0.717) is 0 Å². The highest BCUT2D eigenvalue weighted by Gasteiger charge is 2.16. The van der Waals surface area contributed by atoms with Crippen LogP contribution < -0.4 is 4.74 Å². The molecule has 0 atom stereocenters. The highest BCUT2D eigenvalue weighted by atomic mass is 16.5. The van der Waals surface area contributed by atoms with E-state index in [1.165, 1.54) is 38.1 Å². The Kier molecular flexibility index (Phi) is 3.26. The lowest BCUT2D eigenvalue weighted by Gasteiger charge is -2.11. The van der Waals surface area contributed by atoms with E-state index in [4.69, 9.17) is 4.74 Å². The third-order valence-corrected chi connectivity index (χ3v) is 5.18.